The first-order valence-corrected chi connectivity index (χ1v) is 6.65. The molecule has 0 saturated carbocycles. The summed E-state index contributed by atoms with van der Waals surface area (Å²) in [6.07, 6.45) is 0. The third kappa shape index (κ3) is 3.34. The lowest BCUT2D eigenvalue weighted by Crippen LogP contribution is -1.99. The maximum atomic E-state index is 10.8. The van der Waals surface area contributed by atoms with Crippen molar-refractivity contribution in [3.8, 4) is 5.75 Å². The van der Waals surface area contributed by atoms with E-state index in [9.17, 15) is 10.1 Å². The summed E-state index contributed by atoms with van der Waals surface area (Å²) in [4.78, 5) is 10.4. The Morgan fingerprint density at radius 3 is 2.70 bits per heavy atom. The van der Waals surface area contributed by atoms with E-state index in [2.05, 4.69) is 15.9 Å². The first-order chi connectivity index (χ1) is 9.61. The highest BCUT2D eigenvalue weighted by Crippen LogP contribution is 2.29. The van der Waals surface area contributed by atoms with Crippen molar-refractivity contribution >= 4 is 21.6 Å². The van der Waals surface area contributed by atoms with Crippen LogP contribution in [0, 0.1) is 10.1 Å². The number of aliphatic hydroxyl groups excluding tert-OH is 1. The molecule has 0 radical (unpaired) electrons. The number of nitrogens with zero attached hydrogens (tertiary/aromatic N) is 1. The molecule has 0 saturated heterocycles. The third-order valence-electron chi connectivity index (χ3n) is 2.73. The molecule has 0 aromatic heterocycles. The average molecular weight is 338 g/mol. The van der Waals surface area contributed by atoms with Gasteiger partial charge in [0.15, 0.2) is 0 Å². The maximum Gasteiger partial charge on any atom is 0.283 e. The second kappa shape index (κ2) is 6.49. The van der Waals surface area contributed by atoms with Gasteiger partial charge in [-0.1, -0.05) is 24.3 Å². The van der Waals surface area contributed by atoms with E-state index in [0.717, 1.165) is 5.56 Å². The number of rotatable bonds is 5. The Morgan fingerprint density at radius 2 is 2.00 bits per heavy atom. The molecule has 2 aromatic rings. The molecule has 2 rings (SSSR count). The van der Waals surface area contributed by atoms with Crippen molar-refractivity contribution in [2.45, 2.75) is 13.2 Å². The molecule has 104 valence electrons. The number of nitro benzene ring substituents is 1. The summed E-state index contributed by atoms with van der Waals surface area (Å²) >= 11 is 3.22. The highest BCUT2D eigenvalue weighted by atomic mass is 79.9. The van der Waals surface area contributed by atoms with Gasteiger partial charge in [-0.25, -0.2) is 0 Å². The number of ether oxygens (including phenoxy) is 1. The molecule has 0 heterocycles. The van der Waals surface area contributed by atoms with Crippen LogP contribution < -0.4 is 4.74 Å². The predicted molar refractivity (Wildman–Crippen MR) is 77.5 cm³/mol. The Hall–Kier alpha value is -1.92. The van der Waals surface area contributed by atoms with Gasteiger partial charge >= 0.3 is 0 Å². The molecule has 0 aliphatic rings. The summed E-state index contributed by atoms with van der Waals surface area (Å²) in [5.41, 5.74) is 1.45. The standard InChI is InChI=1S/C14H12BrNO4/c15-14-11(4-2-6-13(14)16(18)19)9-20-12-5-1-3-10(7-12)8-17/h1-7,17H,8-9H2. The second-order valence-corrected chi connectivity index (χ2v) is 4.89. The smallest absolute Gasteiger partial charge is 0.283 e. The molecular weight excluding hydrogens is 326 g/mol. The van der Waals surface area contributed by atoms with Crippen LogP contribution in [0.4, 0.5) is 5.69 Å². The number of nitro groups is 1. The fourth-order valence-corrected chi connectivity index (χ4v) is 2.24. The van der Waals surface area contributed by atoms with E-state index < -0.39 is 4.92 Å². The van der Waals surface area contributed by atoms with E-state index in [1.807, 2.05) is 0 Å². The summed E-state index contributed by atoms with van der Waals surface area (Å²) in [6.45, 7) is 0.148. The minimum Gasteiger partial charge on any atom is -0.489 e. The summed E-state index contributed by atoms with van der Waals surface area (Å²) in [5, 5.41) is 19.9. The molecule has 0 spiro atoms. The van der Waals surface area contributed by atoms with Gasteiger partial charge in [-0.2, -0.15) is 0 Å². The molecule has 2 aromatic carbocycles. The Kier molecular flexibility index (Phi) is 4.70. The van der Waals surface area contributed by atoms with Gasteiger partial charge in [0.25, 0.3) is 5.69 Å². The minimum absolute atomic E-state index is 0.00945. The number of aliphatic hydroxyl groups is 1. The lowest BCUT2D eigenvalue weighted by Gasteiger charge is -2.09. The van der Waals surface area contributed by atoms with E-state index in [-0.39, 0.29) is 18.9 Å². The Balaban J connectivity index is 2.14. The summed E-state index contributed by atoms with van der Waals surface area (Å²) in [6, 6.07) is 11.9. The molecule has 0 atom stereocenters. The van der Waals surface area contributed by atoms with Crippen LogP contribution in [0.3, 0.4) is 0 Å². The van der Waals surface area contributed by atoms with Gasteiger partial charge in [-0.3, -0.25) is 10.1 Å². The highest BCUT2D eigenvalue weighted by Gasteiger charge is 2.14. The first-order valence-electron chi connectivity index (χ1n) is 5.86. The fourth-order valence-electron chi connectivity index (χ4n) is 1.71. The van der Waals surface area contributed by atoms with Crippen molar-refractivity contribution in [2.24, 2.45) is 0 Å². The molecule has 0 bridgehead atoms. The van der Waals surface area contributed by atoms with Crippen molar-refractivity contribution in [3.63, 3.8) is 0 Å². The van der Waals surface area contributed by atoms with Crippen molar-refractivity contribution in [3.05, 3.63) is 68.2 Å². The predicted octanol–water partition coefficient (Wildman–Crippen LogP) is 3.43. The Labute approximate surface area is 124 Å². The molecule has 0 aliphatic heterocycles. The van der Waals surface area contributed by atoms with Crippen LogP contribution in [-0.2, 0) is 13.2 Å². The van der Waals surface area contributed by atoms with Gasteiger partial charge in [-0.15, -0.1) is 0 Å². The summed E-state index contributed by atoms with van der Waals surface area (Å²) in [7, 11) is 0. The fraction of sp³-hybridized carbons (Fsp3) is 0.143. The largest absolute Gasteiger partial charge is 0.489 e. The Bertz CT molecular complexity index is 630. The van der Waals surface area contributed by atoms with E-state index in [4.69, 9.17) is 9.84 Å². The quantitative estimate of drug-likeness (QED) is 0.670. The number of hydrogen-bond acceptors (Lipinski definition) is 4. The molecule has 0 fully saturated rings. The Morgan fingerprint density at radius 1 is 1.25 bits per heavy atom. The molecule has 5 nitrogen and oxygen atoms in total. The number of benzene rings is 2. The highest BCUT2D eigenvalue weighted by molar-refractivity contribution is 9.10. The van der Waals surface area contributed by atoms with Crippen LogP contribution >= 0.6 is 15.9 Å². The van der Waals surface area contributed by atoms with Crippen LogP contribution in [0.15, 0.2) is 46.9 Å². The maximum absolute atomic E-state index is 10.8. The van der Waals surface area contributed by atoms with E-state index in [1.165, 1.54) is 6.07 Å². The van der Waals surface area contributed by atoms with Crippen LogP contribution in [0.5, 0.6) is 5.75 Å². The van der Waals surface area contributed by atoms with Gasteiger partial charge in [0.1, 0.15) is 16.8 Å². The summed E-state index contributed by atoms with van der Waals surface area (Å²) < 4.78 is 6.01. The average Bonchev–Trinajstić information content (AvgIpc) is 2.46. The van der Waals surface area contributed by atoms with Gasteiger partial charge in [-0.05, 0) is 33.6 Å². The van der Waals surface area contributed by atoms with Crippen LogP contribution in [0.2, 0.25) is 0 Å². The molecule has 0 unspecified atom stereocenters. The number of hydrogen-bond donors (Lipinski definition) is 1. The SMILES string of the molecule is O=[N+]([O-])c1cccc(COc2cccc(CO)c2)c1Br. The van der Waals surface area contributed by atoms with E-state index >= 15 is 0 Å². The zero-order chi connectivity index (χ0) is 14.5. The lowest BCUT2D eigenvalue weighted by molar-refractivity contribution is -0.385. The van der Waals surface area contributed by atoms with E-state index in [0.29, 0.717) is 15.8 Å². The van der Waals surface area contributed by atoms with Crippen LogP contribution in [0.1, 0.15) is 11.1 Å². The van der Waals surface area contributed by atoms with E-state index in [1.54, 1.807) is 36.4 Å². The molecule has 0 aliphatic carbocycles. The zero-order valence-corrected chi connectivity index (χ0v) is 12.0. The first kappa shape index (κ1) is 14.5. The van der Waals surface area contributed by atoms with Gasteiger partial charge in [0, 0.05) is 11.6 Å². The van der Waals surface area contributed by atoms with Crippen molar-refractivity contribution in [1.82, 2.24) is 0 Å². The molecule has 20 heavy (non-hydrogen) atoms. The van der Waals surface area contributed by atoms with Gasteiger partial charge in [0.05, 0.1) is 11.5 Å². The minimum atomic E-state index is -0.444. The molecular formula is C14H12BrNO4. The van der Waals surface area contributed by atoms with Crippen molar-refractivity contribution in [2.75, 3.05) is 0 Å². The molecule has 1 N–H and O–H groups in total. The van der Waals surface area contributed by atoms with Crippen molar-refractivity contribution < 1.29 is 14.8 Å². The zero-order valence-electron chi connectivity index (χ0n) is 10.5. The monoisotopic (exact) mass is 337 g/mol. The van der Waals surface area contributed by atoms with Gasteiger partial charge < -0.3 is 9.84 Å². The van der Waals surface area contributed by atoms with Crippen LogP contribution in [-0.4, -0.2) is 10.0 Å². The second-order valence-electron chi connectivity index (χ2n) is 4.10. The van der Waals surface area contributed by atoms with Gasteiger partial charge in [0.2, 0.25) is 0 Å². The summed E-state index contributed by atoms with van der Waals surface area (Å²) in [5.74, 6) is 0.606. The topological polar surface area (TPSA) is 72.6 Å². The number of halogens is 1. The molecule has 0 amide bonds. The van der Waals surface area contributed by atoms with Crippen molar-refractivity contribution in [1.29, 1.82) is 0 Å². The third-order valence-corrected chi connectivity index (χ3v) is 3.65. The normalized spacial score (nSPS) is 10.3. The lowest BCUT2D eigenvalue weighted by atomic mass is 10.2. The van der Waals surface area contributed by atoms with Crippen LogP contribution in [0.25, 0.3) is 0 Å². The molecule has 6 heteroatoms.